The predicted molar refractivity (Wildman–Crippen MR) is 79.8 cm³/mol. The molecule has 6 heteroatoms. The highest BCUT2D eigenvalue weighted by Crippen LogP contribution is 2.26. The Balaban J connectivity index is 2.06. The number of nitrogens with zero attached hydrogens (tertiary/aromatic N) is 1. The summed E-state index contributed by atoms with van der Waals surface area (Å²) in [7, 11) is 0. The highest BCUT2D eigenvalue weighted by atomic mass is 16.6. The van der Waals surface area contributed by atoms with Crippen LogP contribution in [-0.4, -0.2) is 17.6 Å². The number of nitro groups is 1. The average molecular weight is 290 g/mol. The van der Waals surface area contributed by atoms with Crippen LogP contribution < -0.4 is 10.1 Å². The third-order valence-corrected chi connectivity index (χ3v) is 2.75. The van der Waals surface area contributed by atoms with E-state index in [1.807, 2.05) is 26.0 Å². The zero-order valence-electron chi connectivity index (χ0n) is 12.0. The van der Waals surface area contributed by atoms with Gasteiger partial charge in [-0.25, -0.2) is 0 Å². The molecule has 1 N–H and O–H groups in total. The van der Waals surface area contributed by atoms with Gasteiger partial charge in [-0.2, -0.15) is 0 Å². The molecule has 0 atom stereocenters. The predicted octanol–water partition coefficient (Wildman–Crippen LogP) is 3.63. The minimum Gasteiger partial charge on any atom is -0.491 e. The molecule has 1 heterocycles. The van der Waals surface area contributed by atoms with E-state index in [9.17, 15) is 10.1 Å². The molecule has 0 bridgehead atoms. The molecule has 0 saturated heterocycles. The lowest BCUT2D eigenvalue weighted by molar-refractivity contribution is -0.384. The highest BCUT2D eigenvalue weighted by Gasteiger charge is 2.11. The van der Waals surface area contributed by atoms with E-state index in [1.54, 1.807) is 12.3 Å². The summed E-state index contributed by atoms with van der Waals surface area (Å²) in [5, 5.41) is 14.1. The summed E-state index contributed by atoms with van der Waals surface area (Å²) < 4.78 is 10.8. The first-order valence-corrected chi connectivity index (χ1v) is 6.77. The Labute approximate surface area is 122 Å². The van der Waals surface area contributed by atoms with Crippen molar-refractivity contribution in [3.8, 4) is 5.75 Å². The second-order valence-electron chi connectivity index (χ2n) is 4.90. The van der Waals surface area contributed by atoms with Crippen molar-refractivity contribution >= 4 is 11.4 Å². The molecule has 0 unspecified atom stereocenters. The van der Waals surface area contributed by atoms with E-state index in [2.05, 4.69) is 5.32 Å². The van der Waals surface area contributed by atoms with Gasteiger partial charge in [0.05, 0.1) is 23.4 Å². The molecule has 0 aliphatic rings. The van der Waals surface area contributed by atoms with Gasteiger partial charge in [0.1, 0.15) is 11.5 Å². The van der Waals surface area contributed by atoms with Crippen molar-refractivity contribution in [2.75, 3.05) is 11.9 Å². The fourth-order valence-corrected chi connectivity index (χ4v) is 1.92. The summed E-state index contributed by atoms with van der Waals surface area (Å²) in [6.45, 7) is 4.38. The number of anilines is 1. The summed E-state index contributed by atoms with van der Waals surface area (Å²) in [6.07, 6.45) is 2.29. The van der Waals surface area contributed by atoms with E-state index < -0.39 is 4.92 Å². The number of hydrogen-bond donors (Lipinski definition) is 1. The molecule has 2 aromatic rings. The van der Waals surface area contributed by atoms with E-state index in [0.29, 0.717) is 24.4 Å². The van der Waals surface area contributed by atoms with Crippen LogP contribution in [0, 0.1) is 10.1 Å². The van der Waals surface area contributed by atoms with Gasteiger partial charge in [0.15, 0.2) is 0 Å². The molecule has 0 fully saturated rings. The molecular weight excluding hydrogens is 272 g/mol. The molecule has 0 aliphatic carbocycles. The third kappa shape index (κ3) is 4.52. The maximum Gasteiger partial charge on any atom is 0.275 e. The molecule has 0 radical (unpaired) electrons. The van der Waals surface area contributed by atoms with Crippen LogP contribution in [0.5, 0.6) is 5.75 Å². The Morgan fingerprint density at radius 2 is 2.19 bits per heavy atom. The Morgan fingerprint density at radius 3 is 2.81 bits per heavy atom. The number of nitro benzene ring substituents is 1. The van der Waals surface area contributed by atoms with E-state index >= 15 is 0 Å². The third-order valence-electron chi connectivity index (χ3n) is 2.75. The molecule has 2 rings (SSSR count). The van der Waals surface area contributed by atoms with Gasteiger partial charge in [-0.1, -0.05) is 0 Å². The highest BCUT2D eigenvalue weighted by molar-refractivity contribution is 5.56. The molecule has 112 valence electrons. The van der Waals surface area contributed by atoms with Crippen molar-refractivity contribution in [3.63, 3.8) is 0 Å². The number of furan rings is 1. The average Bonchev–Trinajstić information content (AvgIpc) is 2.90. The lowest BCUT2D eigenvalue weighted by Gasteiger charge is -2.12. The Kier molecular flexibility index (Phi) is 4.81. The van der Waals surface area contributed by atoms with Crippen LogP contribution in [-0.2, 0) is 6.42 Å². The number of nitrogens with one attached hydrogen (secondary N) is 1. The maximum atomic E-state index is 11.0. The summed E-state index contributed by atoms with van der Waals surface area (Å²) in [4.78, 5) is 10.5. The smallest absolute Gasteiger partial charge is 0.275 e. The number of non-ortho nitro benzene ring substituents is 1. The first kappa shape index (κ1) is 14.9. The largest absolute Gasteiger partial charge is 0.491 e. The maximum absolute atomic E-state index is 11.0. The van der Waals surface area contributed by atoms with Gasteiger partial charge in [-0.3, -0.25) is 10.1 Å². The summed E-state index contributed by atoms with van der Waals surface area (Å²) in [5.74, 6) is 1.35. The minimum absolute atomic E-state index is 0.00801. The van der Waals surface area contributed by atoms with Crippen molar-refractivity contribution in [3.05, 3.63) is 52.5 Å². The Bertz CT molecular complexity index is 594. The van der Waals surface area contributed by atoms with Gasteiger partial charge in [-0.05, 0) is 26.0 Å². The van der Waals surface area contributed by atoms with Crippen LogP contribution in [0.3, 0.4) is 0 Å². The summed E-state index contributed by atoms with van der Waals surface area (Å²) in [5.41, 5.74) is 0.667. The molecule has 1 aromatic carbocycles. The van der Waals surface area contributed by atoms with Gasteiger partial charge >= 0.3 is 0 Å². The monoisotopic (exact) mass is 290 g/mol. The molecule has 6 nitrogen and oxygen atoms in total. The first-order chi connectivity index (χ1) is 10.0. The normalized spacial score (nSPS) is 10.6. The van der Waals surface area contributed by atoms with Crippen molar-refractivity contribution in [2.45, 2.75) is 26.4 Å². The SMILES string of the molecule is CC(C)Oc1cc(NCCc2ccco2)cc([N+](=O)[O-])c1. The molecule has 0 aliphatic heterocycles. The lowest BCUT2D eigenvalue weighted by Crippen LogP contribution is -2.08. The van der Waals surface area contributed by atoms with E-state index in [4.69, 9.17) is 9.15 Å². The van der Waals surface area contributed by atoms with Crippen molar-refractivity contribution in [2.24, 2.45) is 0 Å². The van der Waals surface area contributed by atoms with E-state index in [1.165, 1.54) is 12.1 Å². The van der Waals surface area contributed by atoms with Crippen LogP contribution in [0.4, 0.5) is 11.4 Å². The molecular formula is C15H18N2O4. The Hall–Kier alpha value is -2.50. The number of benzene rings is 1. The summed E-state index contributed by atoms with van der Waals surface area (Å²) >= 11 is 0. The van der Waals surface area contributed by atoms with Gasteiger partial charge in [0, 0.05) is 30.8 Å². The molecule has 1 aromatic heterocycles. The quantitative estimate of drug-likeness (QED) is 0.622. The van der Waals surface area contributed by atoms with Gasteiger partial charge in [-0.15, -0.1) is 0 Å². The fourth-order valence-electron chi connectivity index (χ4n) is 1.92. The number of ether oxygens (including phenoxy) is 1. The molecule has 21 heavy (non-hydrogen) atoms. The minimum atomic E-state index is -0.426. The lowest BCUT2D eigenvalue weighted by atomic mass is 10.2. The van der Waals surface area contributed by atoms with Gasteiger partial charge < -0.3 is 14.5 Å². The summed E-state index contributed by atoms with van der Waals surface area (Å²) in [6, 6.07) is 8.40. The van der Waals surface area contributed by atoms with Crippen LogP contribution in [0.1, 0.15) is 19.6 Å². The standard InChI is InChI=1S/C15H18N2O4/c1-11(2)21-15-9-12(8-13(10-15)17(18)19)16-6-5-14-4-3-7-20-14/h3-4,7-11,16H,5-6H2,1-2H3. The van der Waals surface area contributed by atoms with Crippen molar-refractivity contribution in [1.29, 1.82) is 0 Å². The first-order valence-electron chi connectivity index (χ1n) is 6.77. The van der Waals surface area contributed by atoms with Crippen LogP contribution in [0.15, 0.2) is 41.0 Å². The van der Waals surface area contributed by atoms with Crippen molar-refractivity contribution < 1.29 is 14.1 Å². The van der Waals surface area contributed by atoms with Crippen LogP contribution in [0.2, 0.25) is 0 Å². The topological polar surface area (TPSA) is 77.5 Å². The van der Waals surface area contributed by atoms with Gasteiger partial charge in [0.25, 0.3) is 5.69 Å². The van der Waals surface area contributed by atoms with E-state index in [-0.39, 0.29) is 11.8 Å². The Morgan fingerprint density at radius 1 is 1.38 bits per heavy atom. The molecule has 0 saturated carbocycles. The zero-order valence-corrected chi connectivity index (χ0v) is 12.0. The van der Waals surface area contributed by atoms with E-state index in [0.717, 1.165) is 5.76 Å². The fraction of sp³-hybridized carbons (Fsp3) is 0.333. The number of rotatable bonds is 7. The van der Waals surface area contributed by atoms with Gasteiger partial charge in [0.2, 0.25) is 0 Å². The van der Waals surface area contributed by atoms with Crippen molar-refractivity contribution in [1.82, 2.24) is 0 Å². The van der Waals surface area contributed by atoms with Crippen LogP contribution >= 0.6 is 0 Å². The second kappa shape index (κ2) is 6.78. The molecule has 0 spiro atoms. The second-order valence-corrected chi connectivity index (χ2v) is 4.90. The van der Waals surface area contributed by atoms with Crippen LogP contribution in [0.25, 0.3) is 0 Å². The number of hydrogen-bond acceptors (Lipinski definition) is 5. The zero-order chi connectivity index (χ0) is 15.2. The molecule has 0 amide bonds.